The summed E-state index contributed by atoms with van der Waals surface area (Å²) in [6.45, 7) is 3.55. The fourth-order valence-electron chi connectivity index (χ4n) is 3.38. The topological polar surface area (TPSA) is 29.3 Å². The van der Waals surface area contributed by atoms with E-state index in [1.807, 2.05) is 11.3 Å². The summed E-state index contributed by atoms with van der Waals surface area (Å²) in [5, 5.41) is 2.16. The van der Waals surface area contributed by atoms with E-state index in [0.29, 0.717) is 6.04 Å². The maximum absolute atomic E-state index is 6.25. The molecule has 2 heterocycles. The first-order valence-corrected chi connectivity index (χ1v) is 8.11. The van der Waals surface area contributed by atoms with E-state index in [2.05, 4.69) is 32.3 Å². The number of rotatable bonds is 2. The predicted molar refractivity (Wildman–Crippen MR) is 83.4 cm³/mol. The van der Waals surface area contributed by atoms with Gasteiger partial charge in [-0.3, -0.25) is 4.90 Å². The summed E-state index contributed by atoms with van der Waals surface area (Å²) < 4.78 is 1.27. The number of fused-ring (bicyclic) bond motifs is 1. The molecule has 3 unspecified atom stereocenters. The summed E-state index contributed by atoms with van der Waals surface area (Å²) >= 11 is 5.47. The molecule has 3 rings (SSSR count). The van der Waals surface area contributed by atoms with Crippen molar-refractivity contribution in [3.05, 3.63) is 20.8 Å². The summed E-state index contributed by atoms with van der Waals surface area (Å²) in [5.74, 6) is 1.61. The van der Waals surface area contributed by atoms with Gasteiger partial charge >= 0.3 is 0 Å². The van der Waals surface area contributed by atoms with Crippen LogP contribution >= 0.6 is 39.7 Å². The van der Waals surface area contributed by atoms with Crippen molar-refractivity contribution in [1.82, 2.24) is 4.90 Å². The smallest absolute Gasteiger partial charge is 0.0339 e. The average molecular weight is 352 g/mol. The Balaban J connectivity index is 0.00000120. The minimum atomic E-state index is 0. The highest BCUT2D eigenvalue weighted by atomic mass is 79.9. The molecule has 0 amide bonds. The van der Waals surface area contributed by atoms with Gasteiger partial charge in [0.25, 0.3) is 0 Å². The highest BCUT2D eigenvalue weighted by Gasteiger charge is 2.38. The zero-order valence-electron chi connectivity index (χ0n) is 10.3. The third-order valence-corrected chi connectivity index (χ3v) is 6.20. The van der Waals surface area contributed by atoms with Crippen molar-refractivity contribution in [2.75, 3.05) is 13.1 Å². The van der Waals surface area contributed by atoms with Gasteiger partial charge in [0.2, 0.25) is 0 Å². The molecule has 3 atom stereocenters. The standard InChI is InChI=1S/C13H19BrN2S.ClH/c14-11-4-5-17-13(11)8-16-6-9-2-1-3-12(15)10(9)7-16;/h4-5,9-10,12H,1-3,6-8,15H2;1H. The van der Waals surface area contributed by atoms with E-state index in [4.69, 9.17) is 5.73 Å². The van der Waals surface area contributed by atoms with Crippen LogP contribution < -0.4 is 5.73 Å². The maximum Gasteiger partial charge on any atom is 0.0339 e. The highest BCUT2D eigenvalue weighted by Crippen LogP contribution is 2.37. The van der Waals surface area contributed by atoms with Crippen LogP contribution in [0.1, 0.15) is 24.1 Å². The lowest BCUT2D eigenvalue weighted by molar-refractivity contribution is 0.259. The molecule has 2 nitrogen and oxygen atoms in total. The van der Waals surface area contributed by atoms with Crippen LogP contribution in [-0.2, 0) is 6.54 Å². The van der Waals surface area contributed by atoms with E-state index in [1.165, 1.54) is 41.7 Å². The number of hydrogen-bond donors (Lipinski definition) is 1. The fourth-order valence-corrected chi connectivity index (χ4v) is 4.90. The zero-order valence-corrected chi connectivity index (χ0v) is 13.6. The minimum Gasteiger partial charge on any atom is -0.327 e. The number of nitrogens with zero attached hydrogens (tertiary/aromatic N) is 1. The van der Waals surface area contributed by atoms with E-state index in [1.54, 1.807) is 0 Å². The molecule has 0 aromatic carbocycles. The minimum absolute atomic E-state index is 0. The van der Waals surface area contributed by atoms with Gasteiger partial charge in [0.15, 0.2) is 0 Å². The van der Waals surface area contributed by atoms with Crippen LogP contribution in [0.25, 0.3) is 0 Å². The molecule has 1 aliphatic carbocycles. The summed E-state index contributed by atoms with van der Waals surface area (Å²) in [7, 11) is 0. The molecule has 1 aliphatic heterocycles. The third kappa shape index (κ3) is 2.93. The molecule has 1 aromatic heterocycles. The Morgan fingerprint density at radius 3 is 2.89 bits per heavy atom. The number of hydrogen-bond acceptors (Lipinski definition) is 3. The number of nitrogens with two attached hydrogens (primary N) is 1. The molecular formula is C13H20BrClN2S. The van der Waals surface area contributed by atoms with Crippen molar-refractivity contribution in [3.8, 4) is 0 Å². The van der Waals surface area contributed by atoms with E-state index in [9.17, 15) is 0 Å². The van der Waals surface area contributed by atoms with Gasteiger partial charge in [-0.25, -0.2) is 0 Å². The van der Waals surface area contributed by atoms with Gasteiger partial charge in [-0.05, 0) is 52.1 Å². The van der Waals surface area contributed by atoms with Gasteiger partial charge in [-0.2, -0.15) is 0 Å². The monoisotopic (exact) mass is 350 g/mol. The molecule has 2 N–H and O–H groups in total. The zero-order chi connectivity index (χ0) is 11.8. The second-order valence-electron chi connectivity index (χ2n) is 5.40. The Hall–Kier alpha value is 0.390. The first kappa shape index (κ1) is 14.8. The molecule has 102 valence electrons. The SMILES string of the molecule is Cl.NC1CCCC2CN(Cc3sccc3Br)CC12. The number of thiophene rings is 1. The number of halogens is 2. The molecule has 5 heteroatoms. The first-order chi connectivity index (χ1) is 8.24. The van der Waals surface area contributed by atoms with Crippen LogP contribution in [0.3, 0.4) is 0 Å². The second-order valence-corrected chi connectivity index (χ2v) is 7.26. The highest BCUT2D eigenvalue weighted by molar-refractivity contribution is 9.10. The first-order valence-electron chi connectivity index (χ1n) is 6.44. The van der Waals surface area contributed by atoms with Crippen molar-refractivity contribution in [3.63, 3.8) is 0 Å². The van der Waals surface area contributed by atoms with Crippen LogP contribution in [0.5, 0.6) is 0 Å². The van der Waals surface area contributed by atoms with Gasteiger partial charge in [0.05, 0.1) is 0 Å². The second kappa shape index (κ2) is 6.23. The van der Waals surface area contributed by atoms with Gasteiger partial charge in [-0.1, -0.05) is 6.42 Å². The Morgan fingerprint density at radius 2 is 2.22 bits per heavy atom. The van der Waals surface area contributed by atoms with Crippen LogP contribution in [-0.4, -0.2) is 24.0 Å². The number of likely N-dealkylation sites (tertiary alicyclic amines) is 1. The lowest BCUT2D eigenvalue weighted by Crippen LogP contribution is -2.38. The van der Waals surface area contributed by atoms with E-state index >= 15 is 0 Å². The molecule has 2 aliphatic rings. The van der Waals surface area contributed by atoms with Crippen LogP contribution in [0, 0.1) is 11.8 Å². The van der Waals surface area contributed by atoms with Gasteiger partial charge in [-0.15, -0.1) is 23.7 Å². The Morgan fingerprint density at radius 1 is 1.39 bits per heavy atom. The van der Waals surface area contributed by atoms with Crippen LogP contribution in [0.4, 0.5) is 0 Å². The fraction of sp³-hybridized carbons (Fsp3) is 0.692. The van der Waals surface area contributed by atoms with Crippen molar-refractivity contribution in [2.24, 2.45) is 17.6 Å². The Labute approximate surface area is 127 Å². The van der Waals surface area contributed by atoms with Crippen molar-refractivity contribution in [1.29, 1.82) is 0 Å². The normalized spacial score (nSPS) is 32.0. The van der Waals surface area contributed by atoms with Crippen molar-refractivity contribution in [2.45, 2.75) is 31.8 Å². The van der Waals surface area contributed by atoms with Crippen molar-refractivity contribution < 1.29 is 0 Å². The molecule has 18 heavy (non-hydrogen) atoms. The average Bonchev–Trinajstić information content (AvgIpc) is 2.87. The third-order valence-electron chi connectivity index (χ3n) is 4.29. The quantitative estimate of drug-likeness (QED) is 0.883. The van der Waals surface area contributed by atoms with Crippen molar-refractivity contribution >= 4 is 39.7 Å². The van der Waals surface area contributed by atoms with Crippen LogP contribution in [0.2, 0.25) is 0 Å². The van der Waals surface area contributed by atoms with Gasteiger partial charge in [0, 0.05) is 35.0 Å². The molecule has 1 aromatic rings. The molecular weight excluding hydrogens is 332 g/mol. The van der Waals surface area contributed by atoms with Gasteiger partial charge < -0.3 is 5.73 Å². The lowest BCUT2D eigenvalue weighted by atomic mass is 9.78. The maximum atomic E-state index is 6.25. The van der Waals surface area contributed by atoms with E-state index in [0.717, 1.165) is 18.4 Å². The largest absolute Gasteiger partial charge is 0.327 e. The molecule has 1 saturated heterocycles. The summed E-state index contributed by atoms with van der Waals surface area (Å²) in [6.07, 6.45) is 3.96. The predicted octanol–water partition coefficient (Wildman–Crippen LogP) is 3.49. The molecule has 1 saturated carbocycles. The van der Waals surface area contributed by atoms with E-state index in [-0.39, 0.29) is 12.4 Å². The summed E-state index contributed by atoms with van der Waals surface area (Å²) in [6, 6.07) is 2.60. The molecule has 2 fully saturated rings. The molecule has 0 radical (unpaired) electrons. The van der Waals surface area contributed by atoms with Crippen LogP contribution in [0.15, 0.2) is 15.9 Å². The molecule has 0 bridgehead atoms. The van der Waals surface area contributed by atoms with E-state index < -0.39 is 0 Å². The summed E-state index contributed by atoms with van der Waals surface area (Å²) in [5.41, 5.74) is 6.25. The summed E-state index contributed by atoms with van der Waals surface area (Å²) in [4.78, 5) is 4.05. The Bertz CT molecular complexity index is 398. The molecule has 0 spiro atoms. The lowest BCUT2D eigenvalue weighted by Gasteiger charge is -2.29. The Kier molecular flexibility index (Phi) is 5.12. The van der Waals surface area contributed by atoms with Gasteiger partial charge in [0.1, 0.15) is 0 Å².